The van der Waals surface area contributed by atoms with E-state index in [1.165, 1.54) is 0 Å². The fourth-order valence-corrected chi connectivity index (χ4v) is 3.31. The Morgan fingerprint density at radius 2 is 2.00 bits per heavy atom. The number of carbonyl (C=O) groups excluding carboxylic acids is 1. The van der Waals surface area contributed by atoms with Crippen molar-refractivity contribution >= 4 is 6.03 Å². The summed E-state index contributed by atoms with van der Waals surface area (Å²) in [5.74, 6) is 1.79. The lowest BCUT2D eigenvalue weighted by atomic mass is 10.0. The highest BCUT2D eigenvalue weighted by molar-refractivity contribution is 5.74. The number of urea groups is 1. The molecule has 0 saturated carbocycles. The Hall–Kier alpha value is -3.55. The van der Waals surface area contributed by atoms with Gasteiger partial charge in [0, 0.05) is 23.2 Å². The van der Waals surface area contributed by atoms with Crippen LogP contribution in [0.3, 0.4) is 0 Å². The quantitative estimate of drug-likeness (QED) is 0.585. The van der Waals surface area contributed by atoms with Crippen LogP contribution in [0.1, 0.15) is 49.2 Å². The predicted molar refractivity (Wildman–Crippen MR) is 122 cm³/mol. The number of hydrogen-bond donors (Lipinski definition) is 2. The van der Waals surface area contributed by atoms with E-state index in [2.05, 4.69) is 15.3 Å². The van der Waals surface area contributed by atoms with Gasteiger partial charge in [0.2, 0.25) is 0 Å². The van der Waals surface area contributed by atoms with Gasteiger partial charge in [-0.15, -0.1) is 0 Å². The van der Waals surface area contributed by atoms with Crippen LogP contribution in [0, 0.1) is 6.92 Å². The van der Waals surface area contributed by atoms with Gasteiger partial charge in [0.25, 0.3) is 5.56 Å². The molecular weight excluding hydrogens is 408 g/mol. The van der Waals surface area contributed by atoms with E-state index >= 15 is 0 Å². The Morgan fingerprint density at radius 3 is 2.62 bits per heavy atom. The van der Waals surface area contributed by atoms with Gasteiger partial charge in [-0.2, -0.15) is 0 Å². The van der Waals surface area contributed by atoms with E-state index in [0.717, 1.165) is 11.3 Å². The Labute approximate surface area is 187 Å². The molecule has 8 heteroatoms. The first-order chi connectivity index (χ1) is 15.1. The van der Waals surface area contributed by atoms with Crippen molar-refractivity contribution in [3.8, 4) is 5.75 Å². The van der Waals surface area contributed by atoms with E-state index in [9.17, 15) is 9.59 Å². The fraction of sp³-hybridized carbons (Fsp3) is 0.375. The van der Waals surface area contributed by atoms with Crippen molar-refractivity contribution < 1.29 is 13.9 Å². The highest BCUT2D eigenvalue weighted by Gasteiger charge is 2.22. The zero-order valence-corrected chi connectivity index (χ0v) is 19.2. The van der Waals surface area contributed by atoms with Crippen LogP contribution in [0.2, 0.25) is 0 Å². The van der Waals surface area contributed by atoms with Crippen molar-refractivity contribution in [2.75, 3.05) is 7.11 Å². The van der Waals surface area contributed by atoms with Crippen molar-refractivity contribution in [1.29, 1.82) is 0 Å². The normalized spacial score (nSPS) is 11.3. The van der Waals surface area contributed by atoms with E-state index in [-0.39, 0.29) is 24.7 Å². The Morgan fingerprint density at radius 1 is 1.22 bits per heavy atom. The number of methoxy groups -OCH3 is 1. The van der Waals surface area contributed by atoms with Gasteiger partial charge in [-0.1, -0.05) is 12.1 Å². The third-order valence-corrected chi connectivity index (χ3v) is 4.82. The standard InChI is InChI=1S/C24H30N4O4/c1-16-20(13-17-8-6-9-18(12-17)31-5)22(29)26-21(25-16)15-28(14-19-10-7-11-32-19)23(30)27-24(2,3)4/h6-12H,13-15H2,1-5H3,(H,27,30)(H,25,26,29). The summed E-state index contributed by atoms with van der Waals surface area (Å²) in [6.07, 6.45) is 2.00. The summed E-state index contributed by atoms with van der Waals surface area (Å²) in [7, 11) is 1.61. The first-order valence-electron chi connectivity index (χ1n) is 10.5. The number of rotatable bonds is 7. The third kappa shape index (κ3) is 6.23. The molecule has 32 heavy (non-hydrogen) atoms. The van der Waals surface area contributed by atoms with Crippen molar-refractivity contribution in [3.63, 3.8) is 0 Å². The molecule has 0 aliphatic rings. The maximum absolute atomic E-state index is 12.9. The number of nitrogens with zero attached hydrogens (tertiary/aromatic N) is 2. The molecule has 0 unspecified atom stereocenters. The lowest BCUT2D eigenvalue weighted by Crippen LogP contribution is -2.48. The van der Waals surface area contributed by atoms with E-state index in [1.54, 1.807) is 37.3 Å². The van der Waals surface area contributed by atoms with Crippen molar-refractivity contribution in [2.24, 2.45) is 0 Å². The predicted octanol–water partition coefficient (Wildman–Crippen LogP) is 3.78. The highest BCUT2D eigenvalue weighted by atomic mass is 16.5. The van der Waals surface area contributed by atoms with Gasteiger partial charge < -0.3 is 24.4 Å². The molecule has 2 amide bonds. The second-order valence-corrected chi connectivity index (χ2v) is 8.72. The molecule has 3 aromatic rings. The number of H-pyrrole nitrogens is 1. The van der Waals surface area contributed by atoms with Crippen LogP contribution in [0.15, 0.2) is 51.9 Å². The second-order valence-electron chi connectivity index (χ2n) is 8.72. The molecule has 2 heterocycles. The minimum Gasteiger partial charge on any atom is -0.497 e. The zero-order valence-electron chi connectivity index (χ0n) is 19.2. The van der Waals surface area contributed by atoms with Crippen LogP contribution in [0.25, 0.3) is 0 Å². The highest BCUT2D eigenvalue weighted by Crippen LogP contribution is 2.16. The molecule has 0 aliphatic carbocycles. The second kappa shape index (κ2) is 9.72. The molecule has 1 aromatic carbocycles. The zero-order chi connectivity index (χ0) is 23.3. The van der Waals surface area contributed by atoms with Crippen LogP contribution < -0.4 is 15.6 Å². The van der Waals surface area contributed by atoms with Crippen LogP contribution >= 0.6 is 0 Å². The number of hydrogen-bond acceptors (Lipinski definition) is 5. The molecular formula is C24H30N4O4. The first-order valence-corrected chi connectivity index (χ1v) is 10.5. The molecule has 2 N–H and O–H groups in total. The summed E-state index contributed by atoms with van der Waals surface area (Å²) >= 11 is 0. The van der Waals surface area contributed by atoms with Crippen molar-refractivity contribution in [1.82, 2.24) is 20.2 Å². The Balaban J connectivity index is 1.83. The molecule has 0 aliphatic heterocycles. The maximum atomic E-state index is 12.9. The van der Waals surface area contributed by atoms with E-state index < -0.39 is 5.54 Å². The number of carbonyl (C=O) groups is 1. The van der Waals surface area contributed by atoms with Gasteiger partial charge in [-0.3, -0.25) is 4.79 Å². The number of furan rings is 1. The average molecular weight is 439 g/mol. The van der Waals surface area contributed by atoms with Crippen LogP contribution in [0.5, 0.6) is 5.75 Å². The Bertz CT molecular complexity index is 1110. The lowest BCUT2D eigenvalue weighted by molar-refractivity contribution is 0.176. The van der Waals surface area contributed by atoms with Gasteiger partial charge in [0.15, 0.2) is 0 Å². The summed E-state index contributed by atoms with van der Waals surface area (Å²) in [5.41, 5.74) is 1.54. The largest absolute Gasteiger partial charge is 0.497 e. The smallest absolute Gasteiger partial charge is 0.318 e. The molecule has 0 saturated heterocycles. The molecule has 3 rings (SSSR count). The lowest BCUT2D eigenvalue weighted by Gasteiger charge is -2.27. The SMILES string of the molecule is COc1cccc(Cc2c(C)nc(CN(Cc3ccco3)C(=O)NC(C)(C)C)[nH]c2=O)c1. The number of aryl methyl sites for hydroxylation is 1. The molecule has 0 atom stereocenters. The summed E-state index contributed by atoms with van der Waals surface area (Å²) in [6.45, 7) is 7.93. The molecule has 170 valence electrons. The third-order valence-electron chi connectivity index (χ3n) is 4.82. The summed E-state index contributed by atoms with van der Waals surface area (Å²) in [6, 6.07) is 10.9. The van der Waals surface area contributed by atoms with Gasteiger partial charge in [-0.05, 0) is 57.5 Å². The minimum atomic E-state index is -0.407. The Kier molecular flexibility index (Phi) is 7.02. The minimum absolute atomic E-state index is 0.137. The molecule has 0 bridgehead atoms. The number of benzene rings is 1. The number of aromatic amines is 1. The first kappa shape index (κ1) is 23.1. The number of ether oxygens (including phenoxy) is 1. The van der Waals surface area contributed by atoms with Crippen LogP contribution in [-0.4, -0.2) is 33.5 Å². The van der Waals surface area contributed by atoms with Gasteiger partial charge in [0.1, 0.15) is 17.3 Å². The van der Waals surface area contributed by atoms with E-state index in [1.807, 2.05) is 45.0 Å². The molecule has 2 aromatic heterocycles. The number of amides is 2. The molecule has 0 spiro atoms. The van der Waals surface area contributed by atoms with Crippen molar-refractivity contribution in [3.05, 3.63) is 81.4 Å². The summed E-state index contributed by atoms with van der Waals surface area (Å²) < 4.78 is 10.7. The number of aromatic nitrogens is 2. The van der Waals surface area contributed by atoms with Crippen LogP contribution in [0.4, 0.5) is 4.79 Å². The average Bonchev–Trinajstić information content (AvgIpc) is 3.22. The van der Waals surface area contributed by atoms with Crippen LogP contribution in [-0.2, 0) is 19.5 Å². The van der Waals surface area contributed by atoms with Gasteiger partial charge in [-0.25, -0.2) is 9.78 Å². The van der Waals surface area contributed by atoms with E-state index in [0.29, 0.717) is 29.3 Å². The van der Waals surface area contributed by atoms with Gasteiger partial charge in [0.05, 0.1) is 26.5 Å². The molecule has 8 nitrogen and oxygen atoms in total. The summed E-state index contributed by atoms with van der Waals surface area (Å²) in [5, 5.41) is 2.95. The maximum Gasteiger partial charge on any atom is 0.318 e. The monoisotopic (exact) mass is 438 g/mol. The summed E-state index contributed by atoms with van der Waals surface area (Å²) in [4.78, 5) is 34.7. The molecule has 0 radical (unpaired) electrons. The van der Waals surface area contributed by atoms with Crippen molar-refractivity contribution in [2.45, 2.75) is 52.7 Å². The topological polar surface area (TPSA) is 100 Å². The van der Waals surface area contributed by atoms with E-state index in [4.69, 9.17) is 9.15 Å². The fourth-order valence-electron chi connectivity index (χ4n) is 3.31. The van der Waals surface area contributed by atoms with Gasteiger partial charge >= 0.3 is 6.03 Å². The number of nitrogens with one attached hydrogen (secondary N) is 2. The molecule has 0 fully saturated rings.